The van der Waals surface area contributed by atoms with Crippen LogP contribution in [0.4, 0.5) is 0 Å². The maximum atomic E-state index is 14.4. The number of amides is 11. The molecule has 0 saturated carbocycles. The first-order valence-electron chi connectivity index (χ1n) is 21.6. The van der Waals surface area contributed by atoms with Gasteiger partial charge >= 0.3 is 0 Å². The van der Waals surface area contributed by atoms with E-state index in [0.29, 0.717) is 18.4 Å². The first kappa shape index (κ1) is 55.2. The van der Waals surface area contributed by atoms with E-state index in [1.807, 2.05) is 0 Å². The van der Waals surface area contributed by atoms with Gasteiger partial charge in [0.1, 0.15) is 48.0 Å². The summed E-state index contributed by atoms with van der Waals surface area (Å²) in [6, 6.07) is -5.41. The molecule has 1 aromatic rings. The predicted octanol–water partition coefficient (Wildman–Crippen LogP) is -4.39. The summed E-state index contributed by atoms with van der Waals surface area (Å²) < 4.78 is 0. The lowest BCUT2D eigenvalue weighted by Gasteiger charge is -2.31. The maximum absolute atomic E-state index is 14.4. The molecule has 0 radical (unpaired) electrons. The number of nitrogens with one attached hydrogen (secondary N) is 7. The monoisotopic (exact) mass is 978 g/mol. The standard InChI is InChI=1S/C41H62N12O12S2/c1-5-20(4)33-40(64)49-26(15-30(44)56)35(59)48-25(14-29(43)55)36(60)50-27(41(65)53-12-6-7-28(53)38(62)51-32(19(2)3)39(63)46-16-31(45)57)18-67-66-17-23(42)34(58)47-24(37(61)52-33)13-21-8-10-22(54)11-9-21/h8-11,19-20,23-28,32-33,54H,5-7,12-18,42H2,1-4H3,(H2,43,55)(H2,44,56)(H2,45,57)(H,46,63)(H,47,58)(H,48,59)(H,49,64)(H,50,60)(H,51,62)(H,52,61)/t20?,23?,24?,25?,26?,27?,28-,32-,33?/m0/s1. The van der Waals surface area contributed by atoms with E-state index in [1.54, 1.807) is 27.7 Å². The minimum atomic E-state index is -1.79. The summed E-state index contributed by atoms with van der Waals surface area (Å²) >= 11 is 0. The van der Waals surface area contributed by atoms with Crippen molar-refractivity contribution in [2.45, 2.75) is 115 Å². The number of aromatic hydroxyl groups is 1. The van der Waals surface area contributed by atoms with Crippen molar-refractivity contribution in [3.05, 3.63) is 29.8 Å². The van der Waals surface area contributed by atoms with Crippen LogP contribution in [0.5, 0.6) is 5.75 Å². The number of phenolic OH excluding ortho intramolecular Hbond substituents is 1. The first-order chi connectivity index (χ1) is 31.5. The van der Waals surface area contributed by atoms with Crippen LogP contribution in [0, 0.1) is 11.8 Å². The van der Waals surface area contributed by atoms with Crippen LogP contribution < -0.4 is 60.2 Å². The van der Waals surface area contributed by atoms with Crippen molar-refractivity contribution in [3.63, 3.8) is 0 Å². The van der Waals surface area contributed by atoms with Gasteiger partial charge in [-0.25, -0.2) is 0 Å². The van der Waals surface area contributed by atoms with Crippen LogP contribution >= 0.6 is 21.6 Å². The Morgan fingerprint density at radius 2 is 1.31 bits per heavy atom. The third kappa shape index (κ3) is 17.2. The maximum Gasteiger partial charge on any atom is 0.246 e. The van der Waals surface area contributed by atoms with Crippen molar-refractivity contribution >= 4 is 86.6 Å². The lowest BCUT2D eigenvalue weighted by atomic mass is 9.96. The number of benzene rings is 1. The number of likely N-dealkylation sites (tertiary alicyclic amines) is 1. The van der Waals surface area contributed by atoms with Crippen molar-refractivity contribution in [1.29, 1.82) is 0 Å². The largest absolute Gasteiger partial charge is 0.508 e. The van der Waals surface area contributed by atoms with E-state index in [4.69, 9.17) is 22.9 Å². The molecule has 2 aliphatic heterocycles. The van der Waals surface area contributed by atoms with E-state index in [2.05, 4.69) is 37.2 Å². The van der Waals surface area contributed by atoms with E-state index in [-0.39, 0.29) is 36.6 Å². The third-order valence-corrected chi connectivity index (χ3v) is 13.4. The zero-order valence-corrected chi connectivity index (χ0v) is 39.3. The second-order valence-electron chi connectivity index (χ2n) is 16.6. The molecular weight excluding hydrogens is 917 g/mol. The Bertz CT molecular complexity index is 2010. The van der Waals surface area contributed by atoms with Crippen LogP contribution in [0.25, 0.3) is 0 Å². The number of phenols is 1. The van der Waals surface area contributed by atoms with Gasteiger partial charge < -0.3 is 70.2 Å². The Balaban J connectivity index is 2.04. The predicted molar refractivity (Wildman–Crippen MR) is 245 cm³/mol. The van der Waals surface area contributed by atoms with Crippen LogP contribution in [0.1, 0.15) is 65.4 Å². The van der Waals surface area contributed by atoms with Gasteiger partial charge in [-0.05, 0) is 42.4 Å². The molecular formula is C41H62N12O12S2. The summed E-state index contributed by atoms with van der Waals surface area (Å²) in [4.78, 5) is 147. The number of rotatable bonds is 15. The van der Waals surface area contributed by atoms with Crippen LogP contribution in [0.3, 0.4) is 0 Å². The van der Waals surface area contributed by atoms with Gasteiger partial charge in [-0.2, -0.15) is 0 Å². The van der Waals surface area contributed by atoms with Crippen LogP contribution in [0.15, 0.2) is 24.3 Å². The molecule has 0 aliphatic carbocycles. The average molecular weight is 979 g/mol. The van der Waals surface area contributed by atoms with E-state index in [0.717, 1.165) is 21.6 Å². The molecule has 16 N–H and O–H groups in total. The molecule has 2 aliphatic rings. The molecule has 2 heterocycles. The molecule has 24 nitrogen and oxygen atoms in total. The van der Waals surface area contributed by atoms with Gasteiger partial charge in [0.25, 0.3) is 0 Å². The van der Waals surface area contributed by atoms with Crippen molar-refractivity contribution in [2.24, 2.45) is 34.8 Å². The van der Waals surface area contributed by atoms with E-state index < -0.39 is 145 Å². The zero-order chi connectivity index (χ0) is 50.1. The molecule has 26 heteroatoms. The molecule has 0 bridgehead atoms. The quantitative estimate of drug-likeness (QED) is 0.0739. The second kappa shape index (κ2) is 26.3. The van der Waals surface area contributed by atoms with Gasteiger partial charge in [0.15, 0.2) is 0 Å². The molecule has 2 saturated heterocycles. The summed E-state index contributed by atoms with van der Waals surface area (Å²) in [6.45, 7) is 6.22. The molecule has 370 valence electrons. The fourth-order valence-electron chi connectivity index (χ4n) is 7.00. The molecule has 67 heavy (non-hydrogen) atoms. The number of hydrogen-bond acceptors (Lipinski definition) is 15. The number of primary amides is 3. The summed E-state index contributed by atoms with van der Waals surface area (Å²) in [5.41, 5.74) is 22.9. The number of nitrogens with two attached hydrogens (primary N) is 4. The molecule has 11 amide bonds. The minimum absolute atomic E-state index is 0.0405. The topological polar surface area (TPSA) is 400 Å². The number of hydrogen-bond donors (Lipinski definition) is 12. The van der Waals surface area contributed by atoms with Gasteiger partial charge in [0.2, 0.25) is 65.0 Å². The van der Waals surface area contributed by atoms with Crippen LogP contribution in [-0.4, -0.2) is 148 Å². The zero-order valence-electron chi connectivity index (χ0n) is 37.7. The Kier molecular flexibility index (Phi) is 21.6. The molecule has 7 unspecified atom stereocenters. The van der Waals surface area contributed by atoms with Gasteiger partial charge in [-0.3, -0.25) is 52.7 Å². The summed E-state index contributed by atoms with van der Waals surface area (Å²) in [6.07, 6.45) is -0.924. The third-order valence-electron chi connectivity index (χ3n) is 10.9. The van der Waals surface area contributed by atoms with Crippen LogP contribution in [-0.2, 0) is 59.2 Å². The molecule has 9 atom stereocenters. The molecule has 0 aromatic heterocycles. The normalized spacial score (nSPS) is 24.7. The van der Waals surface area contributed by atoms with Gasteiger partial charge in [-0.15, -0.1) is 0 Å². The van der Waals surface area contributed by atoms with Gasteiger partial charge in [-0.1, -0.05) is 67.8 Å². The highest BCUT2D eigenvalue weighted by atomic mass is 33.1. The fraction of sp³-hybridized carbons (Fsp3) is 0.585. The van der Waals surface area contributed by atoms with Crippen molar-refractivity contribution in [1.82, 2.24) is 42.1 Å². The second-order valence-corrected chi connectivity index (χ2v) is 19.2. The Morgan fingerprint density at radius 3 is 1.88 bits per heavy atom. The average Bonchev–Trinajstić information content (AvgIpc) is 3.76. The Labute approximate surface area is 394 Å². The number of carbonyl (C=O) groups is 11. The van der Waals surface area contributed by atoms with Crippen molar-refractivity contribution < 1.29 is 57.8 Å². The fourth-order valence-corrected chi connectivity index (χ4v) is 9.28. The number of carbonyl (C=O) groups excluding carboxylic acids is 11. The number of nitrogens with zero attached hydrogens (tertiary/aromatic N) is 1. The summed E-state index contributed by atoms with van der Waals surface area (Å²) in [7, 11) is 2.02. The molecule has 1 aromatic carbocycles. The Morgan fingerprint density at radius 1 is 0.761 bits per heavy atom. The van der Waals surface area contributed by atoms with Gasteiger partial charge in [0, 0.05) is 24.5 Å². The van der Waals surface area contributed by atoms with Crippen molar-refractivity contribution in [2.75, 3.05) is 24.6 Å². The highest BCUT2D eigenvalue weighted by Crippen LogP contribution is 2.26. The molecule has 2 fully saturated rings. The highest BCUT2D eigenvalue weighted by Gasteiger charge is 2.41. The Hall–Kier alpha value is -6.15. The molecule has 0 spiro atoms. The summed E-state index contributed by atoms with van der Waals surface area (Å²) in [5, 5.41) is 27.3. The van der Waals surface area contributed by atoms with Crippen molar-refractivity contribution in [3.8, 4) is 5.75 Å². The lowest BCUT2D eigenvalue weighted by molar-refractivity contribution is -0.142. The smallest absolute Gasteiger partial charge is 0.246 e. The van der Waals surface area contributed by atoms with Gasteiger partial charge in [0.05, 0.1) is 25.4 Å². The first-order valence-corrected chi connectivity index (χ1v) is 24.0. The summed E-state index contributed by atoms with van der Waals surface area (Å²) in [5.74, 6) is -11.3. The van der Waals surface area contributed by atoms with Crippen LogP contribution in [0.2, 0.25) is 0 Å². The van der Waals surface area contributed by atoms with E-state index in [9.17, 15) is 57.8 Å². The van der Waals surface area contributed by atoms with E-state index in [1.165, 1.54) is 29.2 Å². The SMILES string of the molecule is CCC(C)C1NC(=O)C(Cc2ccc(O)cc2)NC(=O)C(N)CSSCC(C(=O)N2CCC[C@H]2C(=O)N[C@H](C(=O)NCC(N)=O)C(C)C)NC(=O)C(CC(N)=O)NC(=O)C(CC(N)=O)NC1=O. The molecule has 3 rings (SSSR count). The highest BCUT2D eigenvalue weighted by molar-refractivity contribution is 8.76. The van der Waals surface area contributed by atoms with E-state index >= 15 is 0 Å². The minimum Gasteiger partial charge on any atom is -0.508 e. The lowest BCUT2D eigenvalue weighted by Crippen LogP contribution is -2.62.